The van der Waals surface area contributed by atoms with Crippen LogP contribution in [0.4, 0.5) is 0 Å². The second-order valence-electron chi connectivity index (χ2n) is 27.1. The van der Waals surface area contributed by atoms with Gasteiger partial charge >= 0.3 is 0 Å². The van der Waals surface area contributed by atoms with Crippen molar-refractivity contribution in [2.75, 3.05) is 79.3 Å². The van der Waals surface area contributed by atoms with E-state index in [4.69, 9.17) is 56.8 Å². The van der Waals surface area contributed by atoms with Gasteiger partial charge in [0, 0.05) is 136 Å². The number of thioether (sulfide) groups is 6. The molecule has 0 aliphatic carbocycles. The van der Waals surface area contributed by atoms with Crippen LogP contribution in [0.25, 0.3) is 64.6 Å². The fourth-order valence-electron chi connectivity index (χ4n) is 16.0. The smallest absolute Gasteiger partial charge is 0.166 e. The maximum absolute atomic E-state index is 6.87. The molecule has 0 radical (unpaired) electrons. The van der Waals surface area contributed by atoms with Crippen LogP contribution in [0.15, 0.2) is 146 Å². The van der Waals surface area contributed by atoms with E-state index in [1.807, 2.05) is 70.6 Å². The first-order valence-corrected chi connectivity index (χ1v) is 47.5. The van der Waals surface area contributed by atoms with E-state index >= 15 is 0 Å². The Morgan fingerprint density at radius 3 is 0.298 bits per heavy atom. The molecule has 600 valence electrons. The van der Waals surface area contributed by atoms with Gasteiger partial charge in [0.25, 0.3) is 0 Å². The highest BCUT2D eigenvalue weighted by molar-refractivity contribution is 7.99. The van der Waals surface area contributed by atoms with Crippen molar-refractivity contribution in [3.8, 4) is 69.0 Å². The number of hydrogen-bond acceptors (Lipinski definition) is 18. The first kappa shape index (κ1) is 83.8. The molecule has 0 aromatic heterocycles. The molecule has 0 saturated carbocycles. The minimum Gasteiger partial charge on any atom is -0.490 e. The molecule has 0 fully saturated rings. The summed E-state index contributed by atoms with van der Waals surface area (Å²) >= 11 is 11.1. The Hall–Kier alpha value is -8.10. The standard InChI is InChI=1S/C96H108O12S6/c1-13-97-85-73-49-109-51-75-63-39-27-28-40-64(63)77(89(101-17-5)87(75)99-15-3)53-111-55-79-67-43-31-32-44-68(67)81(93(105-21-9)91(79)103-19-7)57-113-59-83-71-47-35-36-48-72(71)84(96(108-24-12)95(83)107-23-11)60-114-58-82-70-46-34-33-45-69(70)80(92(104-20-8)94(82)106-22-10)56-112-54-78-66-42-30-29-41-65(66)76(88(100-16-4)90(78)102-18-6)52-110-50-74(86(85)98-14-2)62-38-26-25-37-61(62)73/h25-48H,13-24,49-60H2,1-12H3. The quantitative estimate of drug-likeness (QED) is 0.0572. The van der Waals surface area contributed by atoms with Crippen molar-refractivity contribution in [3.63, 3.8) is 0 Å². The molecule has 0 amide bonds. The van der Waals surface area contributed by atoms with E-state index in [0.29, 0.717) is 148 Å². The monoisotopic (exact) mass is 1640 g/mol. The lowest BCUT2D eigenvalue weighted by atomic mass is 9.98. The minimum absolute atomic E-state index is 0.472. The first-order chi connectivity index (χ1) is 56.2. The predicted molar refractivity (Wildman–Crippen MR) is 488 cm³/mol. The molecular weight excluding hydrogens is 1540 g/mol. The second kappa shape index (κ2) is 41.1. The van der Waals surface area contributed by atoms with Crippen molar-refractivity contribution in [1.82, 2.24) is 0 Å². The molecule has 0 spiro atoms. The molecule has 2 aliphatic rings. The lowest BCUT2D eigenvalue weighted by Crippen LogP contribution is -2.08. The number of rotatable bonds is 24. The molecule has 12 bridgehead atoms. The van der Waals surface area contributed by atoms with Gasteiger partial charge in [-0.15, -0.1) is 0 Å². The van der Waals surface area contributed by atoms with Crippen molar-refractivity contribution < 1.29 is 56.8 Å². The fraction of sp³-hybridized carbons (Fsp3) is 0.375. The summed E-state index contributed by atoms with van der Waals surface area (Å²) < 4.78 is 82.4. The zero-order chi connectivity index (χ0) is 79.5. The molecule has 0 unspecified atom stereocenters. The maximum Gasteiger partial charge on any atom is 0.166 e. The summed E-state index contributed by atoms with van der Waals surface area (Å²) in [5.41, 5.74) is 13.3. The first-order valence-electron chi connectivity index (χ1n) is 40.6. The average molecular weight is 1650 g/mol. The Labute approximate surface area is 699 Å². The highest BCUT2D eigenvalue weighted by Gasteiger charge is 2.32. The van der Waals surface area contributed by atoms with E-state index < -0.39 is 0 Å². The van der Waals surface area contributed by atoms with E-state index in [-0.39, 0.29) is 0 Å². The third-order valence-corrected chi connectivity index (χ3v) is 26.3. The van der Waals surface area contributed by atoms with Gasteiger partial charge in [0.2, 0.25) is 0 Å². The summed E-state index contributed by atoms with van der Waals surface area (Å²) in [6, 6.07) is 52.8. The van der Waals surface area contributed by atoms with E-state index in [0.717, 1.165) is 200 Å². The molecule has 12 aromatic carbocycles. The molecule has 2 heterocycles. The van der Waals surface area contributed by atoms with Crippen LogP contribution in [0, 0.1) is 0 Å². The molecule has 0 saturated heterocycles. The van der Waals surface area contributed by atoms with Gasteiger partial charge in [0.05, 0.1) is 79.3 Å². The third-order valence-electron chi connectivity index (χ3n) is 20.4. The van der Waals surface area contributed by atoms with Gasteiger partial charge in [-0.25, -0.2) is 0 Å². The molecular formula is C96H108O12S6. The normalized spacial score (nSPS) is 13.6. The second-order valence-corrected chi connectivity index (χ2v) is 33.0. The fourth-order valence-corrected chi connectivity index (χ4v) is 22.5. The van der Waals surface area contributed by atoms with Crippen LogP contribution in [0.1, 0.15) is 150 Å². The summed E-state index contributed by atoms with van der Waals surface area (Å²) in [5.74, 6) is 17.3. The Kier molecular flexibility index (Phi) is 30.3. The third kappa shape index (κ3) is 17.6. The van der Waals surface area contributed by atoms with E-state index in [1.165, 1.54) is 0 Å². The molecule has 14 rings (SSSR count). The highest BCUT2D eigenvalue weighted by Crippen LogP contribution is 2.55. The molecule has 0 atom stereocenters. The van der Waals surface area contributed by atoms with E-state index in [2.05, 4.69) is 229 Å². The average Bonchev–Trinajstić information content (AvgIpc) is 0.783. The molecule has 2 aliphatic heterocycles. The number of hydrogen-bond donors (Lipinski definition) is 0. The highest BCUT2D eigenvalue weighted by atomic mass is 32.2. The summed E-state index contributed by atoms with van der Waals surface area (Å²) in [4.78, 5) is 0. The SMILES string of the molecule is CCOc1c(OCC)c2c3ccccc3c1CSCc1c(OCC)c(OCC)c(c3ccccc13)CSCc1c(OCC)c(OCC)c(c3ccccc13)CSCc1c(OCC)c(OCC)c(c3ccccc13)CSCc1c(OCC)c(OCC)c(c3ccccc13)CSCc1c(OCC)c(OCC)c(c3ccccc13)CSC2. The summed E-state index contributed by atoms with van der Waals surface area (Å²) in [6.07, 6.45) is 0. The van der Waals surface area contributed by atoms with Crippen LogP contribution in [0.2, 0.25) is 0 Å². The van der Waals surface area contributed by atoms with Gasteiger partial charge in [-0.2, -0.15) is 70.6 Å². The number of ether oxygens (including phenoxy) is 12. The van der Waals surface area contributed by atoms with Crippen molar-refractivity contribution in [2.24, 2.45) is 0 Å². The van der Waals surface area contributed by atoms with E-state index in [1.54, 1.807) is 0 Å². The molecule has 18 heteroatoms. The van der Waals surface area contributed by atoms with Crippen LogP contribution in [0.3, 0.4) is 0 Å². The van der Waals surface area contributed by atoms with Crippen molar-refractivity contribution in [3.05, 3.63) is 212 Å². The number of fused-ring (bicyclic) bond motifs is 18. The van der Waals surface area contributed by atoms with Crippen molar-refractivity contribution in [1.29, 1.82) is 0 Å². The van der Waals surface area contributed by atoms with Crippen LogP contribution in [-0.4, -0.2) is 79.3 Å². The largest absolute Gasteiger partial charge is 0.490 e. The van der Waals surface area contributed by atoms with Crippen LogP contribution in [-0.2, 0) is 69.0 Å². The van der Waals surface area contributed by atoms with Gasteiger partial charge in [-0.1, -0.05) is 146 Å². The number of benzene rings is 12. The Morgan fingerprint density at radius 2 is 0.228 bits per heavy atom. The maximum atomic E-state index is 6.87. The summed E-state index contributed by atoms with van der Waals surface area (Å²) in [7, 11) is 0. The van der Waals surface area contributed by atoms with E-state index in [9.17, 15) is 0 Å². The van der Waals surface area contributed by atoms with Crippen LogP contribution in [0.5, 0.6) is 69.0 Å². The lowest BCUT2D eigenvalue weighted by Gasteiger charge is -2.25. The predicted octanol–water partition coefficient (Wildman–Crippen LogP) is 26.3. The minimum atomic E-state index is 0.472. The summed E-state index contributed by atoms with van der Waals surface area (Å²) in [6.45, 7) is 30.4. The Morgan fingerprint density at radius 1 is 0.149 bits per heavy atom. The summed E-state index contributed by atoms with van der Waals surface area (Å²) in [5, 5.41) is 13.7. The van der Waals surface area contributed by atoms with Gasteiger partial charge in [0.15, 0.2) is 69.0 Å². The zero-order valence-corrected chi connectivity index (χ0v) is 73.1. The zero-order valence-electron chi connectivity index (χ0n) is 68.2. The lowest BCUT2D eigenvalue weighted by molar-refractivity contribution is 0.285. The Balaban J connectivity index is 0.953. The Bertz CT molecular complexity index is 4180. The van der Waals surface area contributed by atoms with Crippen molar-refractivity contribution >= 4 is 135 Å². The molecule has 0 N–H and O–H groups in total. The molecule has 114 heavy (non-hydrogen) atoms. The van der Waals surface area contributed by atoms with Gasteiger partial charge in [0.1, 0.15) is 0 Å². The van der Waals surface area contributed by atoms with Crippen molar-refractivity contribution in [2.45, 2.75) is 152 Å². The van der Waals surface area contributed by atoms with Crippen LogP contribution < -0.4 is 56.8 Å². The van der Waals surface area contributed by atoms with Gasteiger partial charge < -0.3 is 56.8 Å². The topological polar surface area (TPSA) is 111 Å². The molecule has 12 aromatic rings. The molecule has 12 nitrogen and oxygen atoms in total. The van der Waals surface area contributed by atoms with Crippen LogP contribution >= 0.6 is 70.6 Å². The van der Waals surface area contributed by atoms with Gasteiger partial charge in [-0.3, -0.25) is 0 Å². The van der Waals surface area contributed by atoms with Gasteiger partial charge in [-0.05, 0) is 148 Å².